The van der Waals surface area contributed by atoms with Crippen molar-refractivity contribution in [1.29, 1.82) is 0 Å². The van der Waals surface area contributed by atoms with Crippen LogP contribution in [-0.4, -0.2) is 16.2 Å². The van der Waals surface area contributed by atoms with Crippen LogP contribution in [0, 0.1) is 18.6 Å². The van der Waals surface area contributed by atoms with Gasteiger partial charge < -0.3 is 15.5 Å². The summed E-state index contributed by atoms with van der Waals surface area (Å²) >= 11 is 0. The van der Waals surface area contributed by atoms with Gasteiger partial charge >= 0.3 is 5.97 Å². The van der Waals surface area contributed by atoms with E-state index in [9.17, 15) is 13.6 Å². The number of aryl methyl sites for hydroxylation is 1. The predicted octanol–water partition coefficient (Wildman–Crippen LogP) is 3.29. The molecule has 0 bridgehead atoms. The van der Waals surface area contributed by atoms with E-state index < -0.39 is 23.4 Å². The Bertz CT molecular complexity index is 678. The lowest BCUT2D eigenvalue weighted by molar-refractivity contribution is 0.0697. The van der Waals surface area contributed by atoms with Gasteiger partial charge in [-0.1, -0.05) is 6.07 Å². The van der Waals surface area contributed by atoms with Gasteiger partial charge in [0.1, 0.15) is 0 Å². The molecular weight excluding hydrogens is 280 g/mol. The first-order valence-corrected chi connectivity index (χ1v) is 6.13. The third-order valence-electron chi connectivity index (χ3n) is 3.04. The lowest BCUT2D eigenvalue weighted by Gasteiger charge is -2.11. The second kappa shape index (κ2) is 5.78. The highest BCUT2D eigenvalue weighted by atomic mass is 19.1. The van der Waals surface area contributed by atoms with Gasteiger partial charge in [-0.3, -0.25) is 0 Å². The summed E-state index contributed by atoms with van der Waals surface area (Å²) in [5, 5.41) is 20.9. The van der Waals surface area contributed by atoms with Crippen LogP contribution in [0.5, 0.6) is 5.75 Å². The van der Waals surface area contributed by atoms with Crippen LogP contribution >= 0.6 is 0 Å². The Morgan fingerprint density at radius 2 is 1.81 bits per heavy atom. The zero-order chi connectivity index (χ0) is 15.6. The first kappa shape index (κ1) is 14.8. The number of hydrogen-bond donors (Lipinski definition) is 3. The maximum Gasteiger partial charge on any atom is 0.335 e. The molecule has 0 saturated heterocycles. The van der Waals surface area contributed by atoms with Crippen molar-refractivity contribution in [1.82, 2.24) is 0 Å². The molecule has 0 aromatic heterocycles. The number of benzene rings is 2. The molecule has 0 fully saturated rings. The Labute approximate surface area is 119 Å². The summed E-state index contributed by atoms with van der Waals surface area (Å²) in [4.78, 5) is 10.9. The van der Waals surface area contributed by atoms with E-state index in [4.69, 9.17) is 10.2 Å². The molecule has 0 spiro atoms. The van der Waals surface area contributed by atoms with E-state index in [0.717, 1.165) is 17.7 Å². The molecule has 3 N–H and O–H groups in total. The van der Waals surface area contributed by atoms with Crippen LogP contribution in [0.3, 0.4) is 0 Å². The summed E-state index contributed by atoms with van der Waals surface area (Å²) in [5.74, 6) is -4.15. The van der Waals surface area contributed by atoms with Crippen LogP contribution in [0.2, 0.25) is 0 Å². The average Bonchev–Trinajstić information content (AvgIpc) is 2.43. The molecule has 0 aliphatic heterocycles. The highest BCUT2D eigenvalue weighted by Crippen LogP contribution is 2.23. The first-order chi connectivity index (χ1) is 9.88. The maximum atomic E-state index is 13.2. The number of carboxylic acids is 1. The normalized spacial score (nSPS) is 10.4. The maximum absolute atomic E-state index is 13.2. The molecule has 0 atom stereocenters. The van der Waals surface area contributed by atoms with Gasteiger partial charge in [0.05, 0.1) is 5.56 Å². The lowest BCUT2D eigenvalue weighted by Crippen LogP contribution is -2.04. The molecule has 2 aromatic carbocycles. The average molecular weight is 293 g/mol. The number of aromatic carboxylic acids is 1. The lowest BCUT2D eigenvalue weighted by atomic mass is 10.1. The van der Waals surface area contributed by atoms with Gasteiger partial charge in [0, 0.05) is 12.2 Å². The second-order valence-electron chi connectivity index (χ2n) is 4.60. The number of anilines is 1. The third-order valence-corrected chi connectivity index (χ3v) is 3.04. The van der Waals surface area contributed by atoms with Crippen LogP contribution in [0.15, 0.2) is 30.3 Å². The van der Waals surface area contributed by atoms with E-state index in [1.807, 2.05) is 0 Å². The number of aromatic hydroxyl groups is 1. The van der Waals surface area contributed by atoms with Gasteiger partial charge in [-0.15, -0.1) is 0 Å². The van der Waals surface area contributed by atoms with E-state index in [2.05, 4.69) is 5.32 Å². The Morgan fingerprint density at radius 1 is 1.19 bits per heavy atom. The molecule has 0 aliphatic rings. The minimum atomic E-state index is -1.06. The minimum absolute atomic E-state index is 0.0953. The summed E-state index contributed by atoms with van der Waals surface area (Å²) in [6.07, 6.45) is 0. The Balaban J connectivity index is 2.20. The molecule has 4 nitrogen and oxygen atoms in total. The molecule has 6 heteroatoms. The highest BCUT2D eigenvalue weighted by molar-refractivity contribution is 5.89. The Morgan fingerprint density at radius 3 is 2.38 bits per heavy atom. The number of rotatable bonds is 4. The third kappa shape index (κ3) is 3.28. The number of carbonyl (C=O) groups is 1. The molecular formula is C15H13F2NO3. The number of halogens is 2. The molecule has 2 aromatic rings. The SMILES string of the molecule is Cc1ccc(C(=O)O)cc1NCc1cc(F)c(O)c(F)c1. The van der Waals surface area contributed by atoms with Crippen molar-refractivity contribution in [3.63, 3.8) is 0 Å². The van der Waals surface area contributed by atoms with Gasteiger partial charge in [-0.25, -0.2) is 13.6 Å². The number of hydrogen-bond acceptors (Lipinski definition) is 3. The zero-order valence-corrected chi connectivity index (χ0v) is 11.2. The molecule has 0 amide bonds. The van der Waals surface area contributed by atoms with Gasteiger partial charge in [-0.05, 0) is 42.3 Å². The monoisotopic (exact) mass is 293 g/mol. The van der Waals surface area contributed by atoms with E-state index in [0.29, 0.717) is 11.3 Å². The van der Waals surface area contributed by atoms with Gasteiger partial charge in [-0.2, -0.15) is 0 Å². The number of phenols is 1. The molecule has 0 unspecified atom stereocenters. The minimum Gasteiger partial charge on any atom is -0.503 e. The summed E-state index contributed by atoms with van der Waals surface area (Å²) in [5.41, 5.74) is 1.78. The molecule has 110 valence electrons. The fraction of sp³-hybridized carbons (Fsp3) is 0.133. The quantitative estimate of drug-likeness (QED) is 0.809. The van der Waals surface area contributed by atoms with Crippen molar-refractivity contribution in [2.75, 3.05) is 5.32 Å². The number of nitrogens with one attached hydrogen (secondary N) is 1. The largest absolute Gasteiger partial charge is 0.503 e. The fourth-order valence-electron chi connectivity index (χ4n) is 1.86. The molecule has 0 saturated carbocycles. The van der Waals surface area contributed by atoms with E-state index >= 15 is 0 Å². The van der Waals surface area contributed by atoms with Crippen molar-refractivity contribution < 1.29 is 23.8 Å². The van der Waals surface area contributed by atoms with Crippen LogP contribution in [0.25, 0.3) is 0 Å². The first-order valence-electron chi connectivity index (χ1n) is 6.13. The smallest absolute Gasteiger partial charge is 0.335 e. The fourth-order valence-corrected chi connectivity index (χ4v) is 1.86. The van der Waals surface area contributed by atoms with E-state index in [-0.39, 0.29) is 12.1 Å². The molecule has 0 aliphatic carbocycles. The second-order valence-corrected chi connectivity index (χ2v) is 4.60. The summed E-state index contributed by atoms with van der Waals surface area (Å²) < 4.78 is 26.4. The number of phenolic OH excluding ortho intramolecular Hbond substituents is 1. The Kier molecular flexibility index (Phi) is 4.07. The van der Waals surface area contributed by atoms with Gasteiger partial charge in [0.15, 0.2) is 17.4 Å². The Hall–Kier alpha value is -2.63. The summed E-state index contributed by atoms with van der Waals surface area (Å²) in [6, 6.07) is 6.60. The van der Waals surface area contributed by atoms with Crippen LogP contribution in [0.1, 0.15) is 21.5 Å². The standard InChI is InChI=1S/C15H13F2NO3/c1-8-2-3-10(15(20)21)6-13(8)18-7-9-4-11(16)14(19)12(17)5-9/h2-6,18-19H,7H2,1H3,(H,20,21). The zero-order valence-electron chi connectivity index (χ0n) is 11.2. The highest BCUT2D eigenvalue weighted by Gasteiger charge is 2.10. The van der Waals surface area contributed by atoms with Crippen LogP contribution in [0.4, 0.5) is 14.5 Å². The van der Waals surface area contributed by atoms with E-state index in [1.165, 1.54) is 12.1 Å². The molecule has 0 heterocycles. The molecule has 0 radical (unpaired) electrons. The van der Waals surface area contributed by atoms with Gasteiger partial charge in [0.25, 0.3) is 0 Å². The molecule has 21 heavy (non-hydrogen) atoms. The van der Waals surface area contributed by atoms with Crippen molar-refractivity contribution in [2.45, 2.75) is 13.5 Å². The summed E-state index contributed by atoms with van der Waals surface area (Å²) in [6.45, 7) is 1.88. The topological polar surface area (TPSA) is 69.6 Å². The van der Waals surface area contributed by atoms with Crippen molar-refractivity contribution in [2.24, 2.45) is 0 Å². The summed E-state index contributed by atoms with van der Waals surface area (Å²) in [7, 11) is 0. The van der Waals surface area contributed by atoms with E-state index in [1.54, 1.807) is 13.0 Å². The number of carboxylic acid groups (broad SMARTS) is 1. The van der Waals surface area contributed by atoms with Crippen molar-refractivity contribution >= 4 is 11.7 Å². The van der Waals surface area contributed by atoms with Crippen molar-refractivity contribution in [3.05, 3.63) is 58.7 Å². The van der Waals surface area contributed by atoms with Crippen LogP contribution in [-0.2, 0) is 6.54 Å². The van der Waals surface area contributed by atoms with Gasteiger partial charge in [0.2, 0.25) is 0 Å². The van der Waals surface area contributed by atoms with Crippen molar-refractivity contribution in [3.8, 4) is 5.75 Å². The molecule has 2 rings (SSSR count). The van der Waals surface area contributed by atoms with Crippen LogP contribution < -0.4 is 5.32 Å². The predicted molar refractivity (Wildman–Crippen MR) is 73.5 cm³/mol.